The van der Waals surface area contributed by atoms with Gasteiger partial charge < -0.3 is 19.5 Å². The molecule has 1 N–H and O–H groups in total. The first-order chi connectivity index (χ1) is 19.2. The zero-order valence-corrected chi connectivity index (χ0v) is 25.7. The monoisotopic (exact) mass is 580 g/mol. The Labute approximate surface area is 243 Å². The van der Waals surface area contributed by atoms with Gasteiger partial charge >= 0.3 is 0 Å². The molecule has 0 radical (unpaired) electrons. The smallest absolute Gasteiger partial charge is 0.264 e. The number of nitrogens with one attached hydrogen (secondary N) is 1. The molecule has 3 aromatic rings. The van der Waals surface area contributed by atoms with E-state index >= 15 is 0 Å². The molecule has 0 saturated heterocycles. The van der Waals surface area contributed by atoms with Gasteiger partial charge in [0.25, 0.3) is 15.9 Å². The minimum atomic E-state index is -4.02. The second-order valence-electron chi connectivity index (χ2n) is 12.1. The van der Waals surface area contributed by atoms with Gasteiger partial charge in [-0.3, -0.25) is 9.10 Å². The molecule has 3 aromatic carbocycles. The van der Waals surface area contributed by atoms with Crippen molar-refractivity contribution in [2.45, 2.75) is 63.4 Å². The number of amides is 1. The normalized spacial score (nSPS) is 15.5. The number of carbonyl (C=O) groups is 1. The second kappa shape index (κ2) is 11.6. The lowest BCUT2D eigenvalue weighted by Gasteiger charge is -2.36. The van der Waals surface area contributed by atoms with Gasteiger partial charge in [-0.2, -0.15) is 0 Å². The zero-order chi connectivity index (χ0) is 30.0. The Bertz CT molecular complexity index is 1490. The molecule has 1 unspecified atom stereocenters. The lowest BCUT2D eigenvalue weighted by atomic mass is 9.86. The van der Waals surface area contributed by atoms with Crippen molar-refractivity contribution in [2.75, 3.05) is 31.1 Å². The molecule has 0 aliphatic carbocycles. The lowest BCUT2D eigenvalue weighted by molar-refractivity contribution is -0.127. The van der Waals surface area contributed by atoms with E-state index in [2.05, 4.69) is 46.9 Å². The Morgan fingerprint density at radius 1 is 0.976 bits per heavy atom. The number of rotatable bonds is 8. The van der Waals surface area contributed by atoms with Gasteiger partial charge in [0.2, 0.25) is 0 Å². The fraction of sp³-hybridized carbons (Fsp3) is 0.406. The Morgan fingerprint density at radius 2 is 1.66 bits per heavy atom. The largest absolute Gasteiger partial charge is 0.497 e. The molecule has 220 valence electrons. The Morgan fingerprint density at radius 3 is 2.29 bits per heavy atom. The van der Waals surface area contributed by atoms with E-state index in [0.29, 0.717) is 17.2 Å². The summed E-state index contributed by atoms with van der Waals surface area (Å²) in [6.45, 7) is 12.8. The molecule has 41 heavy (non-hydrogen) atoms. The van der Waals surface area contributed by atoms with Gasteiger partial charge in [0, 0.05) is 0 Å². The first kappa shape index (κ1) is 30.2. The molecule has 0 spiro atoms. The summed E-state index contributed by atoms with van der Waals surface area (Å²) in [5, 5.41) is 2.85. The third-order valence-corrected chi connectivity index (χ3v) is 8.78. The molecule has 0 saturated carbocycles. The Kier molecular flexibility index (Phi) is 8.59. The van der Waals surface area contributed by atoms with Crippen LogP contribution in [0.1, 0.15) is 52.7 Å². The van der Waals surface area contributed by atoms with Crippen molar-refractivity contribution in [1.82, 2.24) is 5.32 Å². The average Bonchev–Trinajstić information content (AvgIpc) is 2.93. The fourth-order valence-electron chi connectivity index (χ4n) is 4.62. The maximum Gasteiger partial charge on any atom is 0.264 e. The van der Waals surface area contributed by atoms with Crippen molar-refractivity contribution in [3.05, 3.63) is 77.9 Å². The first-order valence-corrected chi connectivity index (χ1v) is 15.1. The average molecular weight is 581 g/mol. The number of para-hydroxylation sites is 1. The predicted octanol–water partition coefficient (Wildman–Crippen LogP) is 5.44. The highest BCUT2D eigenvalue weighted by atomic mass is 32.2. The molecule has 9 heteroatoms. The van der Waals surface area contributed by atoms with Crippen molar-refractivity contribution in [2.24, 2.45) is 0 Å². The van der Waals surface area contributed by atoms with Crippen LogP contribution >= 0.6 is 0 Å². The van der Waals surface area contributed by atoms with Crippen LogP contribution < -0.4 is 23.8 Å². The van der Waals surface area contributed by atoms with E-state index in [1.807, 2.05) is 36.4 Å². The van der Waals surface area contributed by atoms with Gasteiger partial charge in [0.1, 0.15) is 23.9 Å². The molecular formula is C32H40N2O6S. The van der Waals surface area contributed by atoms with Crippen LogP contribution in [0.4, 0.5) is 5.69 Å². The molecule has 8 nitrogen and oxygen atoms in total. The van der Waals surface area contributed by atoms with Crippen LogP contribution in [0.2, 0.25) is 0 Å². The van der Waals surface area contributed by atoms with Crippen molar-refractivity contribution in [3.63, 3.8) is 0 Å². The molecule has 1 amide bonds. The number of nitrogens with zero attached hydrogens (tertiary/aromatic N) is 1. The highest BCUT2D eigenvalue weighted by Gasteiger charge is 2.38. The molecule has 1 aliphatic rings. The second-order valence-corrected chi connectivity index (χ2v) is 14.0. The number of ether oxygens (including phenoxy) is 3. The number of methoxy groups -OCH3 is 1. The van der Waals surface area contributed by atoms with E-state index in [4.69, 9.17) is 14.2 Å². The Hall–Kier alpha value is -3.72. The molecule has 1 aliphatic heterocycles. The van der Waals surface area contributed by atoms with Gasteiger partial charge in [0.05, 0.1) is 30.8 Å². The van der Waals surface area contributed by atoms with E-state index in [9.17, 15) is 13.2 Å². The number of benzene rings is 3. The molecule has 0 aromatic heterocycles. The maximum atomic E-state index is 13.9. The van der Waals surface area contributed by atoms with Gasteiger partial charge in [-0.25, -0.2) is 8.42 Å². The van der Waals surface area contributed by atoms with Crippen molar-refractivity contribution < 1.29 is 27.4 Å². The van der Waals surface area contributed by atoms with E-state index < -0.39 is 22.0 Å². The van der Waals surface area contributed by atoms with Gasteiger partial charge in [-0.1, -0.05) is 65.8 Å². The van der Waals surface area contributed by atoms with Crippen LogP contribution in [0, 0.1) is 0 Å². The summed E-state index contributed by atoms with van der Waals surface area (Å²) in [7, 11) is -2.49. The molecule has 4 rings (SSSR count). The third kappa shape index (κ3) is 6.78. The topological polar surface area (TPSA) is 94.2 Å². The molecule has 1 heterocycles. The first-order valence-electron chi connectivity index (χ1n) is 13.7. The van der Waals surface area contributed by atoms with Gasteiger partial charge in [-0.15, -0.1) is 0 Å². The van der Waals surface area contributed by atoms with E-state index in [1.165, 1.54) is 23.5 Å². The number of fused-ring (bicyclic) bond motifs is 1. The van der Waals surface area contributed by atoms with Crippen LogP contribution in [0.25, 0.3) is 0 Å². The number of anilines is 1. The molecule has 1 atom stereocenters. The lowest BCUT2D eigenvalue weighted by Crippen LogP contribution is -2.51. The quantitative estimate of drug-likeness (QED) is 0.357. The van der Waals surface area contributed by atoms with Crippen molar-refractivity contribution >= 4 is 21.6 Å². The summed E-state index contributed by atoms with van der Waals surface area (Å²) in [5.41, 5.74) is 2.12. The summed E-state index contributed by atoms with van der Waals surface area (Å²) in [6.07, 6.45) is -1.04. The summed E-state index contributed by atoms with van der Waals surface area (Å²) in [5.74, 6) is 1.23. The third-order valence-electron chi connectivity index (χ3n) is 6.99. The zero-order valence-electron chi connectivity index (χ0n) is 24.9. The number of hydrogen-bond donors (Lipinski definition) is 1. The minimum Gasteiger partial charge on any atom is -0.497 e. The molecule has 0 fully saturated rings. The van der Waals surface area contributed by atoms with Crippen LogP contribution in [-0.4, -0.2) is 47.2 Å². The summed E-state index contributed by atoms with van der Waals surface area (Å²) < 4.78 is 46.3. The standard InChI is InChI=1S/C32H40N2O6S/c1-31(2,3)22-12-17-28-26(20-22)34(41(36,37)24-15-13-23(38-7)14-16-24)21-29(40-28)30(35)33-18-19-39-27-11-9-8-10-25(27)32(4,5)6/h8-17,20,29H,18-19,21H2,1-7H3,(H,33,35). The van der Waals surface area contributed by atoms with Crippen LogP contribution in [0.5, 0.6) is 17.2 Å². The number of hydrogen-bond acceptors (Lipinski definition) is 6. The van der Waals surface area contributed by atoms with E-state index in [0.717, 1.165) is 16.9 Å². The highest BCUT2D eigenvalue weighted by Crippen LogP contribution is 2.40. The van der Waals surface area contributed by atoms with Crippen molar-refractivity contribution in [1.29, 1.82) is 0 Å². The predicted molar refractivity (Wildman–Crippen MR) is 161 cm³/mol. The van der Waals surface area contributed by atoms with Crippen molar-refractivity contribution in [3.8, 4) is 17.2 Å². The number of sulfonamides is 1. The summed E-state index contributed by atoms with van der Waals surface area (Å²) in [4.78, 5) is 13.3. The molecule has 0 bridgehead atoms. The minimum absolute atomic E-state index is 0.0884. The fourth-order valence-corrected chi connectivity index (χ4v) is 6.09. The van der Waals surface area contributed by atoms with Crippen LogP contribution in [-0.2, 0) is 25.6 Å². The van der Waals surface area contributed by atoms with Gasteiger partial charge in [-0.05, 0) is 64.4 Å². The maximum absolute atomic E-state index is 13.9. The SMILES string of the molecule is COc1ccc(S(=O)(=O)N2CC(C(=O)NCCOc3ccccc3C(C)(C)C)Oc3ccc(C(C)(C)C)cc32)cc1. The highest BCUT2D eigenvalue weighted by molar-refractivity contribution is 7.92. The Balaban J connectivity index is 1.54. The van der Waals surface area contributed by atoms with E-state index in [-0.39, 0.29) is 35.4 Å². The summed E-state index contributed by atoms with van der Waals surface area (Å²) in [6, 6.07) is 19.5. The van der Waals surface area contributed by atoms with Crippen LogP contribution in [0.15, 0.2) is 71.6 Å². The number of carbonyl (C=O) groups excluding carboxylic acids is 1. The van der Waals surface area contributed by atoms with Gasteiger partial charge in [0.15, 0.2) is 6.10 Å². The van der Waals surface area contributed by atoms with E-state index in [1.54, 1.807) is 18.2 Å². The summed E-state index contributed by atoms with van der Waals surface area (Å²) >= 11 is 0. The molecular weight excluding hydrogens is 540 g/mol. The van der Waals surface area contributed by atoms with Crippen LogP contribution in [0.3, 0.4) is 0 Å².